The van der Waals surface area contributed by atoms with Crippen molar-refractivity contribution in [1.29, 1.82) is 0 Å². The maximum atomic E-state index is 12.2. The smallest absolute Gasteiger partial charge is 0.0973 e. The largest absolute Gasteiger partial charge is 0.379 e. The summed E-state index contributed by atoms with van der Waals surface area (Å²) in [6.45, 7) is 7.62. The summed E-state index contributed by atoms with van der Waals surface area (Å²) in [5.74, 6) is 0. The van der Waals surface area contributed by atoms with Crippen LogP contribution in [0.25, 0.3) is 0 Å². The zero-order valence-electron chi connectivity index (χ0n) is 11.3. The molecule has 2 aliphatic rings. The Bertz CT molecular complexity index is 292. The van der Waals surface area contributed by atoms with E-state index in [9.17, 15) is 4.21 Å². The minimum atomic E-state index is -0.985. The molecule has 0 radical (unpaired) electrons. The molecule has 0 amide bonds. The molecule has 3 nitrogen and oxygen atoms in total. The lowest BCUT2D eigenvalue weighted by molar-refractivity contribution is 0.119. The fourth-order valence-corrected chi connectivity index (χ4v) is 3.80. The normalized spacial score (nSPS) is 30.6. The van der Waals surface area contributed by atoms with Crippen LogP contribution >= 0.6 is 0 Å². The average Bonchev–Trinajstić information content (AvgIpc) is 2.61. The van der Waals surface area contributed by atoms with E-state index in [1.54, 1.807) is 0 Å². The van der Waals surface area contributed by atoms with Crippen LogP contribution < -0.4 is 4.72 Å². The predicted molar refractivity (Wildman–Crippen MR) is 71.2 cm³/mol. The fourth-order valence-electron chi connectivity index (χ4n) is 2.87. The van der Waals surface area contributed by atoms with Crippen LogP contribution in [-0.4, -0.2) is 28.2 Å². The molecule has 1 aliphatic heterocycles. The highest BCUT2D eigenvalue weighted by Crippen LogP contribution is 2.43. The van der Waals surface area contributed by atoms with Crippen LogP contribution in [0.3, 0.4) is 0 Å². The first-order chi connectivity index (χ1) is 7.94. The van der Waals surface area contributed by atoms with E-state index in [0.717, 1.165) is 13.2 Å². The molecular formula is C13H25NO2S. The molecule has 0 aromatic heterocycles. The van der Waals surface area contributed by atoms with Crippen LogP contribution in [0.15, 0.2) is 0 Å². The molecule has 1 heterocycles. The Kier molecular flexibility index (Phi) is 3.96. The summed E-state index contributed by atoms with van der Waals surface area (Å²) in [5.41, 5.74) is 0.263. The van der Waals surface area contributed by atoms with Crippen molar-refractivity contribution < 1.29 is 8.95 Å². The summed E-state index contributed by atoms with van der Waals surface area (Å²) in [6.07, 6.45) is 6.39. The minimum absolute atomic E-state index is 0.196. The van der Waals surface area contributed by atoms with Gasteiger partial charge in [0.05, 0.1) is 35.0 Å². The van der Waals surface area contributed by atoms with Gasteiger partial charge in [0.1, 0.15) is 0 Å². The first-order valence-corrected chi connectivity index (χ1v) is 7.85. The highest BCUT2D eigenvalue weighted by atomic mass is 32.2. The molecule has 2 fully saturated rings. The lowest BCUT2D eigenvalue weighted by Crippen LogP contribution is -2.49. The molecule has 2 rings (SSSR count). The van der Waals surface area contributed by atoms with E-state index in [0.29, 0.717) is 0 Å². The van der Waals surface area contributed by atoms with Gasteiger partial charge in [-0.25, -0.2) is 8.93 Å². The second-order valence-corrected chi connectivity index (χ2v) is 8.49. The van der Waals surface area contributed by atoms with Crippen LogP contribution in [0.4, 0.5) is 0 Å². The van der Waals surface area contributed by atoms with Gasteiger partial charge in [-0.3, -0.25) is 0 Å². The van der Waals surface area contributed by atoms with E-state index < -0.39 is 11.0 Å². The van der Waals surface area contributed by atoms with E-state index in [1.165, 1.54) is 32.1 Å². The Balaban J connectivity index is 2.02. The van der Waals surface area contributed by atoms with Gasteiger partial charge in [0.15, 0.2) is 0 Å². The molecule has 0 aromatic rings. The minimum Gasteiger partial charge on any atom is -0.379 e. The van der Waals surface area contributed by atoms with Gasteiger partial charge < -0.3 is 4.74 Å². The molecule has 0 bridgehead atoms. The van der Waals surface area contributed by atoms with Gasteiger partial charge in [-0.05, 0) is 33.6 Å². The molecule has 0 aromatic carbocycles. The third-order valence-corrected chi connectivity index (χ3v) is 5.68. The number of nitrogens with one attached hydrogen (secondary N) is 1. The van der Waals surface area contributed by atoms with Gasteiger partial charge in [-0.15, -0.1) is 0 Å². The Morgan fingerprint density at radius 3 is 2.47 bits per heavy atom. The maximum Gasteiger partial charge on any atom is 0.0973 e. The topological polar surface area (TPSA) is 38.3 Å². The molecular weight excluding hydrogens is 234 g/mol. The third kappa shape index (κ3) is 2.91. The molecule has 2 atom stereocenters. The van der Waals surface area contributed by atoms with Gasteiger partial charge in [0, 0.05) is 5.41 Å². The van der Waals surface area contributed by atoms with Crippen LogP contribution in [0.2, 0.25) is 0 Å². The van der Waals surface area contributed by atoms with Crippen molar-refractivity contribution in [3.63, 3.8) is 0 Å². The molecule has 1 unspecified atom stereocenters. The highest BCUT2D eigenvalue weighted by molar-refractivity contribution is 7.84. The van der Waals surface area contributed by atoms with Gasteiger partial charge in [-0.1, -0.05) is 19.3 Å². The molecule has 1 aliphatic carbocycles. The zero-order chi connectivity index (χ0) is 12.5. The third-order valence-electron chi connectivity index (χ3n) is 4.07. The van der Waals surface area contributed by atoms with Crippen LogP contribution in [0, 0.1) is 5.41 Å². The Morgan fingerprint density at radius 2 is 1.88 bits per heavy atom. The standard InChI is InChI=1S/C13H25NO2S/c1-12(2,3)17(15)14-11-9-16-10-13(11)7-5-4-6-8-13/h11,14H,4-10H2,1-3H3/t11-,17?/m1/s1. The maximum absolute atomic E-state index is 12.2. The van der Waals surface area contributed by atoms with Gasteiger partial charge in [0.2, 0.25) is 0 Å². The predicted octanol–water partition coefficient (Wildman–Crippen LogP) is 2.39. The van der Waals surface area contributed by atoms with Crippen molar-refractivity contribution in [3.8, 4) is 0 Å². The van der Waals surface area contributed by atoms with E-state index in [-0.39, 0.29) is 16.2 Å². The van der Waals surface area contributed by atoms with Crippen molar-refractivity contribution >= 4 is 11.0 Å². The zero-order valence-corrected chi connectivity index (χ0v) is 12.1. The Hall–Kier alpha value is 0.0700. The molecule has 1 spiro atoms. The molecule has 17 heavy (non-hydrogen) atoms. The Morgan fingerprint density at radius 1 is 1.24 bits per heavy atom. The second-order valence-electron chi connectivity index (χ2n) is 6.49. The van der Waals surface area contributed by atoms with Gasteiger partial charge in [-0.2, -0.15) is 0 Å². The first kappa shape index (κ1) is 13.5. The molecule has 4 heteroatoms. The van der Waals surface area contributed by atoms with Crippen molar-refractivity contribution in [3.05, 3.63) is 0 Å². The van der Waals surface area contributed by atoms with Crippen molar-refractivity contribution in [2.75, 3.05) is 13.2 Å². The van der Waals surface area contributed by atoms with Crippen molar-refractivity contribution in [2.45, 2.75) is 63.7 Å². The monoisotopic (exact) mass is 259 g/mol. The van der Waals surface area contributed by atoms with E-state index >= 15 is 0 Å². The lowest BCUT2D eigenvalue weighted by atomic mass is 9.71. The molecule has 1 N–H and O–H groups in total. The highest BCUT2D eigenvalue weighted by Gasteiger charge is 2.45. The fraction of sp³-hybridized carbons (Fsp3) is 1.00. The summed E-state index contributed by atoms with van der Waals surface area (Å²) >= 11 is 0. The SMILES string of the molecule is CC(C)(C)S(=O)N[C@@H]1COCC12CCCCC2. The number of hydrogen-bond donors (Lipinski definition) is 1. The second kappa shape index (κ2) is 4.98. The van der Waals surface area contributed by atoms with Crippen LogP contribution in [-0.2, 0) is 15.7 Å². The summed E-state index contributed by atoms with van der Waals surface area (Å²) in [7, 11) is -0.985. The molecule has 1 saturated heterocycles. The van der Waals surface area contributed by atoms with Gasteiger partial charge in [0.25, 0.3) is 0 Å². The number of rotatable bonds is 2. The summed E-state index contributed by atoms with van der Waals surface area (Å²) < 4.78 is 21.0. The van der Waals surface area contributed by atoms with E-state index in [1.807, 2.05) is 20.8 Å². The average molecular weight is 259 g/mol. The van der Waals surface area contributed by atoms with E-state index in [2.05, 4.69) is 4.72 Å². The molecule has 100 valence electrons. The van der Waals surface area contributed by atoms with Crippen LogP contribution in [0.5, 0.6) is 0 Å². The quantitative estimate of drug-likeness (QED) is 0.827. The molecule has 1 saturated carbocycles. The summed E-state index contributed by atoms with van der Waals surface area (Å²) in [6, 6.07) is 0.280. The summed E-state index contributed by atoms with van der Waals surface area (Å²) in [4.78, 5) is 0. The Labute approximate surface area is 107 Å². The number of hydrogen-bond acceptors (Lipinski definition) is 2. The van der Waals surface area contributed by atoms with Crippen LogP contribution in [0.1, 0.15) is 52.9 Å². The van der Waals surface area contributed by atoms with Crippen molar-refractivity contribution in [1.82, 2.24) is 4.72 Å². The van der Waals surface area contributed by atoms with E-state index in [4.69, 9.17) is 4.74 Å². The lowest BCUT2D eigenvalue weighted by Gasteiger charge is -2.38. The van der Waals surface area contributed by atoms with Crippen molar-refractivity contribution in [2.24, 2.45) is 5.41 Å². The number of ether oxygens (including phenoxy) is 1. The van der Waals surface area contributed by atoms with Gasteiger partial charge >= 0.3 is 0 Å². The summed E-state index contributed by atoms with van der Waals surface area (Å²) in [5, 5.41) is 0. The first-order valence-electron chi connectivity index (χ1n) is 6.70.